The third kappa shape index (κ3) is 2.76. The topological polar surface area (TPSA) is 47.9 Å². The second-order valence-corrected chi connectivity index (χ2v) is 4.51. The van der Waals surface area contributed by atoms with Crippen molar-refractivity contribution in [2.75, 3.05) is 7.11 Å². The van der Waals surface area contributed by atoms with Gasteiger partial charge in [-0.25, -0.2) is 13.8 Å². The van der Waals surface area contributed by atoms with Gasteiger partial charge in [0.05, 0.1) is 7.11 Å². The Labute approximate surface area is 125 Å². The Morgan fingerprint density at radius 2 is 1.64 bits per heavy atom. The molecular formula is C16H11F2N3O. The van der Waals surface area contributed by atoms with Crippen LogP contribution in [0.1, 0.15) is 0 Å². The van der Waals surface area contributed by atoms with E-state index < -0.39 is 0 Å². The van der Waals surface area contributed by atoms with Crippen molar-refractivity contribution in [3.63, 3.8) is 0 Å². The van der Waals surface area contributed by atoms with Crippen molar-refractivity contribution in [1.82, 2.24) is 15.2 Å². The number of nitrogens with zero attached hydrogens (tertiary/aromatic N) is 3. The summed E-state index contributed by atoms with van der Waals surface area (Å²) in [5.74, 6) is -0.262. The molecule has 6 heteroatoms. The van der Waals surface area contributed by atoms with E-state index in [1.807, 2.05) is 0 Å². The van der Waals surface area contributed by atoms with Crippen LogP contribution in [0.4, 0.5) is 8.78 Å². The lowest BCUT2D eigenvalue weighted by Crippen LogP contribution is -2.00. The van der Waals surface area contributed by atoms with Gasteiger partial charge in [0.25, 0.3) is 5.88 Å². The fourth-order valence-corrected chi connectivity index (χ4v) is 2.00. The van der Waals surface area contributed by atoms with Crippen LogP contribution in [-0.2, 0) is 0 Å². The molecule has 4 nitrogen and oxygen atoms in total. The predicted octanol–water partition coefficient (Wildman–Crippen LogP) is 3.49. The van der Waals surface area contributed by atoms with Gasteiger partial charge in [0, 0.05) is 11.1 Å². The van der Waals surface area contributed by atoms with Gasteiger partial charge >= 0.3 is 0 Å². The van der Waals surface area contributed by atoms with Crippen molar-refractivity contribution in [2.24, 2.45) is 0 Å². The van der Waals surface area contributed by atoms with Crippen molar-refractivity contribution in [3.8, 4) is 28.5 Å². The molecule has 2 aromatic carbocycles. The quantitative estimate of drug-likeness (QED) is 0.742. The number of benzene rings is 2. The highest BCUT2D eigenvalue weighted by atomic mass is 19.1. The Morgan fingerprint density at radius 1 is 0.864 bits per heavy atom. The molecule has 1 heterocycles. The molecule has 0 N–H and O–H groups in total. The zero-order chi connectivity index (χ0) is 15.5. The summed E-state index contributed by atoms with van der Waals surface area (Å²) in [6.07, 6.45) is 0. The number of hydrogen-bond acceptors (Lipinski definition) is 4. The molecule has 0 aliphatic carbocycles. The SMILES string of the molecule is COc1nnc(-c2cccc(F)c2)nc1-c1ccc(F)cc1. The maximum absolute atomic E-state index is 13.3. The molecule has 0 atom stereocenters. The minimum Gasteiger partial charge on any atom is -0.478 e. The first-order valence-corrected chi connectivity index (χ1v) is 6.48. The lowest BCUT2D eigenvalue weighted by Gasteiger charge is -2.08. The van der Waals surface area contributed by atoms with Crippen LogP contribution in [-0.4, -0.2) is 22.3 Å². The van der Waals surface area contributed by atoms with Gasteiger partial charge in [-0.15, -0.1) is 10.2 Å². The normalized spacial score (nSPS) is 10.5. The van der Waals surface area contributed by atoms with Crippen molar-refractivity contribution < 1.29 is 13.5 Å². The number of halogens is 2. The summed E-state index contributed by atoms with van der Waals surface area (Å²) in [5.41, 5.74) is 1.54. The van der Waals surface area contributed by atoms with Gasteiger partial charge in [-0.05, 0) is 36.4 Å². The van der Waals surface area contributed by atoms with Crippen molar-refractivity contribution in [1.29, 1.82) is 0 Å². The first-order valence-electron chi connectivity index (χ1n) is 6.48. The van der Waals surface area contributed by atoms with E-state index in [4.69, 9.17) is 4.74 Å². The van der Waals surface area contributed by atoms with E-state index in [1.54, 1.807) is 24.3 Å². The van der Waals surface area contributed by atoms with Crippen LogP contribution in [0.15, 0.2) is 48.5 Å². The average Bonchev–Trinajstić information content (AvgIpc) is 2.55. The van der Waals surface area contributed by atoms with Crippen LogP contribution in [0, 0.1) is 11.6 Å². The van der Waals surface area contributed by atoms with Crippen molar-refractivity contribution in [2.45, 2.75) is 0 Å². The van der Waals surface area contributed by atoms with Crippen LogP contribution in [0.25, 0.3) is 22.6 Å². The lowest BCUT2D eigenvalue weighted by atomic mass is 10.1. The fraction of sp³-hybridized carbons (Fsp3) is 0.0625. The summed E-state index contributed by atoms with van der Waals surface area (Å²) in [7, 11) is 1.45. The Balaban J connectivity index is 2.12. The summed E-state index contributed by atoms with van der Waals surface area (Å²) < 4.78 is 31.5. The van der Waals surface area contributed by atoms with E-state index in [1.165, 1.54) is 31.4 Å². The predicted molar refractivity (Wildman–Crippen MR) is 77.2 cm³/mol. The van der Waals surface area contributed by atoms with Crippen LogP contribution < -0.4 is 4.74 Å². The monoisotopic (exact) mass is 299 g/mol. The zero-order valence-corrected chi connectivity index (χ0v) is 11.6. The molecule has 0 aliphatic rings. The average molecular weight is 299 g/mol. The Morgan fingerprint density at radius 3 is 2.32 bits per heavy atom. The highest BCUT2D eigenvalue weighted by Gasteiger charge is 2.13. The molecule has 0 amide bonds. The summed E-state index contributed by atoms with van der Waals surface area (Å²) >= 11 is 0. The van der Waals surface area contributed by atoms with Crippen molar-refractivity contribution >= 4 is 0 Å². The van der Waals surface area contributed by atoms with Crippen molar-refractivity contribution in [3.05, 3.63) is 60.2 Å². The Hall–Kier alpha value is -2.89. The van der Waals surface area contributed by atoms with E-state index >= 15 is 0 Å². The molecule has 110 valence electrons. The number of methoxy groups -OCH3 is 1. The molecule has 0 radical (unpaired) electrons. The third-order valence-corrected chi connectivity index (χ3v) is 3.05. The second-order valence-electron chi connectivity index (χ2n) is 4.51. The van der Waals surface area contributed by atoms with Crippen LogP contribution in [0.3, 0.4) is 0 Å². The second kappa shape index (κ2) is 5.85. The summed E-state index contributed by atoms with van der Waals surface area (Å²) in [6, 6.07) is 11.7. The van der Waals surface area contributed by atoms with Gasteiger partial charge in [0.1, 0.15) is 17.3 Å². The molecule has 0 spiro atoms. The summed E-state index contributed by atoms with van der Waals surface area (Å²) in [5, 5.41) is 7.89. The molecule has 0 fully saturated rings. The van der Waals surface area contributed by atoms with E-state index in [-0.39, 0.29) is 23.3 Å². The molecule has 22 heavy (non-hydrogen) atoms. The molecular weight excluding hydrogens is 288 g/mol. The summed E-state index contributed by atoms with van der Waals surface area (Å²) in [6.45, 7) is 0. The van der Waals surface area contributed by atoms with Crippen LogP contribution >= 0.6 is 0 Å². The van der Waals surface area contributed by atoms with Crippen LogP contribution in [0.5, 0.6) is 5.88 Å². The molecule has 0 bridgehead atoms. The first kappa shape index (κ1) is 14.1. The highest BCUT2D eigenvalue weighted by Crippen LogP contribution is 2.27. The van der Waals surface area contributed by atoms with E-state index in [0.717, 1.165) is 0 Å². The molecule has 0 unspecified atom stereocenters. The minimum atomic E-state index is -0.389. The maximum Gasteiger partial charge on any atom is 0.260 e. The molecule has 0 saturated heterocycles. The van der Waals surface area contributed by atoms with Gasteiger partial charge in [0.2, 0.25) is 0 Å². The lowest BCUT2D eigenvalue weighted by molar-refractivity contribution is 0.391. The molecule has 0 saturated carbocycles. The Kier molecular flexibility index (Phi) is 3.74. The number of ether oxygens (including phenoxy) is 1. The molecule has 3 aromatic rings. The first-order chi connectivity index (χ1) is 10.7. The van der Waals surface area contributed by atoms with Gasteiger partial charge in [-0.2, -0.15) is 0 Å². The molecule has 1 aromatic heterocycles. The van der Waals surface area contributed by atoms with E-state index in [0.29, 0.717) is 16.8 Å². The number of aromatic nitrogens is 3. The third-order valence-electron chi connectivity index (χ3n) is 3.05. The smallest absolute Gasteiger partial charge is 0.260 e. The minimum absolute atomic E-state index is 0.215. The fourth-order valence-electron chi connectivity index (χ4n) is 2.00. The molecule has 0 aliphatic heterocycles. The Bertz CT molecular complexity index is 807. The zero-order valence-electron chi connectivity index (χ0n) is 11.6. The largest absolute Gasteiger partial charge is 0.478 e. The number of rotatable bonds is 3. The number of hydrogen-bond donors (Lipinski definition) is 0. The van der Waals surface area contributed by atoms with E-state index in [9.17, 15) is 8.78 Å². The highest BCUT2D eigenvalue weighted by molar-refractivity contribution is 5.67. The summed E-state index contributed by atoms with van der Waals surface area (Å²) in [4.78, 5) is 4.37. The van der Waals surface area contributed by atoms with Crippen LogP contribution in [0.2, 0.25) is 0 Å². The van der Waals surface area contributed by atoms with Gasteiger partial charge in [0.15, 0.2) is 5.82 Å². The maximum atomic E-state index is 13.3. The van der Waals surface area contributed by atoms with Gasteiger partial charge < -0.3 is 4.74 Å². The van der Waals surface area contributed by atoms with Gasteiger partial charge in [-0.1, -0.05) is 12.1 Å². The molecule has 3 rings (SSSR count). The standard InChI is InChI=1S/C16H11F2N3O/c1-22-16-14(10-5-7-12(17)8-6-10)19-15(20-21-16)11-3-2-4-13(18)9-11/h2-9H,1H3. The van der Waals surface area contributed by atoms with Gasteiger partial charge in [-0.3, -0.25) is 0 Å². The van der Waals surface area contributed by atoms with E-state index in [2.05, 4.69) is 15.2 Å².